The standard InChI is InChI=1S/C16H29N3O6/c1-8(2)7-11(15(23)19-13(9(3)4)16(24)25)18-14(22)10(17)5-6-12(20)21/h8-11,13H,5-7,17H2,1-4H3,(H,18,22)(H,19,23)(H,20,21)(H,24,25). The molecule has 144 valence electrons. The van der Waals surface area contributed by atoms with Gasteiger partial charge in [0.15, 0.2) is 0 Å². The summed E-state index contributed by atoms with van der Waals surface area (Å²) in [4.78, 5) is 46.2. The fraction of sp³-hybridized carbons (Fsp3) is 0.750. The highest BCUT2D eigenvalue weighted by atomic mass is 16.4. The summed E-state index contributed by atoms with van der Waals surface area (Å²) in [5, 5.41) is 22.7. The molecule has 0 aromatic rings. The van der Waals surface area contributed by atoms with E-state index < -0.39 is 41.9 Å². The average molecular weight is 359 g/mol. The first-order valence-electron chi connectivity index (χ1n) is 8.26. The summed E-state index contributed by atoms with van der Waals surface area (Å²) in [7, 11) is 0. The summed E-state index contributed by atoms with van der Waals surface area (Å²) >= 11 is 0. The lowest BCUT2D eigenvalue weighted by Crippen LogP contribution is -2.55. The lowest BCUT2D eigenvalue weighted by Gasteiger charge is -2.25. The maximum absolute atomic E-state index is 12.4. The van der Waals surface area contributed by atoms with E-state index in [0.29, 0.717) is 6.42 Å². The maximum Gasteiger partial charge on any atom is 0.326 e. The molecule has 6 N–H and O–H groups in total. The van der Waals surface area contributed by atoms with Crippen molar-refractivity contribution in [3.8, 4) is 0 Å². The molecule has 0 aliphatic heterocycles. The zero-order chi connectivity index (χ0) is 19.7. The minimum absolute atomic E-state index is 0.0546. The van der Waals surface area contributed by atoms with Gasteiger partial charge in [0.25, 0.3) is 0 Å². The van der Waals surface area contributed by atoms with Crippen LogP contribution in [0.4, 0.5) is 0 Å². The summed E-state index contributed by atoms with van der Waals surface area (Å²) in [5.74, 6) is -3.73. The van der Waals surface area contributed by atoms with Crippen molar-refractivity contribution in [2.75, 3.05) is 0 Å². The number of nitrogens with one attached hydrogen (secondary N) is 2. The monoisotopic (exact) mass is 359 g/mol. The molecule has 0 saturated carbocycles. The molecule has 0 saturated heterocycles. The van der Waals surface area contributed by atoms with Crippen LogP contribution in [-0.4, -0.2) is 52.1 Å². The SMILES string of the molecule is CC(C)CC(NC(=O)C(N)CCC(=O)O)C(=O)NC(C(=O)O)C(C)C. The number of carbonyl (C=O) groups excluding carboxylic acids is 2. The zero-order valence-corrected chi connectivity index (χ0v) is 15.1. The minimum Gasteiger partial charge on any atom is -0.481 e. The van der Waals surface area contributed by atoms with Gasteiger partial charge in [-0.3, -0.25) is 14.4 Å². The Hall–Kier alpha value is -2.16. The number of rotatable bonds is 11. The molecular weight excluding hydrogens is 330 g/mol. The molecule has 3 atom stereocenters. The van der Waals surface area contributed by atoms with Crippen LogP contribution in [0.3, 0.4) is 0 Å². The van der Waals surface area contributed by atoms with Crippen LogP contribution in [-0.2, 0) is 19.2 Å². The van der Waals surface area contributed by atoms with E-state index in [1.807, 2.05) is 13.8 Å². The van der Waals surface area contributed by atoms with Crippen molar-refractivity contribution >= 4 is 23.8 Å². The summed E-state index contributed by atoms with van der Waals surface area (Å²) in [6.45, 7) is 7.04. The molecule has 0 aromatic heterocycles. The molecule has 2 amide bonds. The van der Waals surface area contributed by atoms with Gasteiger partial charge < -0.3 is 26.6 Å². The van der Waals surface area contributed by atoms with Gasteiger partial charge in [0.2, 0.25) is 11.8 Å². The molecule has 0 radical (unpaired) electrons. The minimum atomic E-state index is -1.16. The predicted molar refractivity (Wildman–Crippen MR) is 90.6 cm³/mol. The van der Waals surface area contributed by atoms with Crippen LogP contribution in [0.15, 0.2) is 0 Å². The highest BCUT2D eigenvalue weighted by molar-refractivity contribution is 5.91. The number of nitrogens with two attached hydrogens (primary N) is 1. The highest BCUT2D eigenvalue weighted by Crippen LogP contribution is 2.08. The number of hydrogen-bond acceptors (Lipinski definition) is 5. The molecule has 0 aliphatic rings. The largest absolute Gasteiger partial charge is 0.481 e. The van der Waals surface area contributed by atoms with E-state index in [4.69, 9.17) is 10.8 Å². The van der Waals surface area contributed by atoms with Crippen LogP contribution in [0, 0.1) is 11.8 Å². The average Bonchev–Trinajstić information content (AvgIpc) is 2.47. The van der Waals surface area contributed by atoms with Crippen LogP contribution < -0.4 is 16.4 Å². The predicted octanol–water partition coefficient (Wildman–Crippen LogP) is -0.0652. The Morgan fingerprint density at radius 2 is 1.52 bits per heavy atom. The quantitative estimate of drug-likeness (QED) is 0.345. The first kappa shape index (κ1) is 22.8. The van der Waals surface area contributed by atoms with Crippen molar-refractivity contribution in [2.45, 2.75) is 65.1 Å². The lowest BCUT2D eigenvalue weighted by atomic mass is 10.00. The van der Waals surface area contributed by atoms with Crippen molar-refractivity contribution in [2.24, 2.45) is 17.6 Å². The van der Waals surface area contributed by atoms with E-state index in [0.717, 1.165) is 0 Å². The fourth-order valence-electron chi connectivity index (χ4n) is 2.16. The molecule has 0 rings (SSSR count). The van der Waals surface area contributed by atoms with Crippen molar-refractivity contribution in [3.63, 3.8) is 0 Å². The third-order valence-corrected chi connectivity index (χ3v) is 3.58. The van der Waals surface area contributed by atoms with Gasteiger partial charge in [-0.15, -0.1) is 0 Å². The van der Waals surface area contributed by atoms with Crippen molar-refractivity contribution in [3.05, 3.63) is 0 Å². The van der Waals surface area contributed by atoms with Crippen LogP contribution in [0.2, 0.25) is 0 Å². The maximum atomic E-state index is 12.4. The Balaban J connectivity index is 4.98. The van der Waals surface area contributed by atoms with Gasteiger partial charge in [-0.2, -0.15) is 0 Å². The van der Waals surface area contributed by atoms with Gasteiger partial charge in [-0.25, -0.2) is 4.79 Å². The summed E-state index contributed by atoms with van der Waals surface area (Å²) < 4.78 is 0. The Bertz CT molecular complexity index is 492. The Kier molecular flexibility index (Phi) is 9.73. The van der Waals surface area contributed by atoms with Crippen molar-refractivity contribution < 1.29 is 29.4 Å². The Morgan fingerprint density at radius 1 is 0.960 bits per heavy atom. The lowest BCUT2D eigenvalue weighted by molar-refractivity contribution is -0.143. The summed E-state index contributed by atoms with van der Waals surface area (Å²) in [5.41, 5.74) is 5.64. The summed E-state index contributed by atoms with van der Waals surface area (Å²) in [6.07, 6.45) is -0.0152. The third kappa shape index (κ3) is 9.04. The second-order valence-corrected chi connectivity index (χ2v) is 6.80. The van der Waals surface area contributed by atoms with E-state index in [-0.39, 0.29) is 24.7 Å². The highest BCUT2D eigenvalue weighted by Gasteiger charge is 2.29. The van der Waals surface area contributed by atoms with Gasteiger partial charge in [0.05, 0.1) is 6.04 Å². The van der Waals surface area contributed by atoms with Gasteiger partial charge in [0, 0.05) is 6.42 Å². The molecule has 9 nitrogen and oxygen atoms in total. The first-order chi connectivity index (χ1) is 11.5. The van der Waals surface area contributed by atoms with Gasteiger partial charge in [-0.1, -0.05) is 27.7 Å². The molecule has 0 aromatic carbocycles. The van der Waals surface area contributed by atoms with Crippen LogP contribution in [0.25, 0.3) is 0 Å². The normalized spacial score (nSPS) is 14.7. The molecule has 9 heteroatoms. The topological polar surface area (TPSA) is 159 Å². The second-order valence-electron chi connectivity index (χ2n) is 6.80. The van der Waals surface area contributed by atoms with E-state index in [1.165, 1.54) is 0 Å². The van der Waals surface area contributed by atoms with E-state index in [9.17, 15) is 24.3 Å². The molecular formula is C16H29N3O6. The van der Waals surface area contributed by atoms with E-state index in [2.05, 4.69) is 10.6 Å². The Morgan fingerprint density at radius 3 is 1.92 bits per heavy atom. The molecule has 0 spiro atoms. The second kappa shape index (κ2) is 10.7. The van der Waals surface area contributed by atoms with E-state index >= 15 is 0 Å². The first-order valence-corrected chi connectivity index (χ1v) is 8.26. The van der Waals surface area contributed by atoms with Crippen LogP contribution in [0.1, 0.15) is 47.0 Å². The van der Waals surface area contributed by atoms with Crippen LogP contribution >= 0.6 is 0 Å². The molecule has 25 heavy (non-hydrogen) atoms. The summed E-state index contributed by atoms with van der Waals surface area (Å²) in [6, 6.07) is -3.07. The molecule has 3 unspecified atom stereocenters. The van der Waals surface area contributed by atoms with Crippen LogP contribution in [0.5, 0.6) is 0 Å². The number of hydrogen-bond donors (Lipinski definition) is 5. The number of carbonyl (C=O) groups is 4. The molecule has 0 aliphatic carbocycles. The number of aliphatic carboxylic acids is 2. The van der Waals surface area contributed by atoms with Crippen molar-refractivity contribution in [1.29, 1.82) is 0 Å². The van der Waals surface area contributed by atoms with Gasteiger partial charge >= 0.3 is 11.9 Å². The van der Waals surface area contributed by atoms with E-state index in [1.54, 1.807) is 13.8 Å². The molecule has 0 fully saturated rings. The number of carboxylic acid groups (broad SMARTS) is 2. The zero-order valence-electron chi connectivity index (χ0n) is 15.1. The van der Waals surface area contributed by atoms with Crippen molar-refractivity contribution in [1.82, 2.24) is 10.6 Å². The number of carboxylic acids is 2. The smallest absolute Gasteiger partial charge is 0.326 e. The fourth-order valence-corrected chi connectivity index (χ4v) is 2.16. The molecule has 0 bridgehead atoms. The van der Waals surface area contributed by atoms with Gasteiger partial charge in [0.1, 0.15) is 12.1 Å². The number of amides is 2. The molecule has 0 heterocycles. The third-order valence-electron chi connectivity index (χ3n) is 3.58. The van der Waals surface area contributed by atoms with Gasteiger partial charge in [-0.05, 0) is 24.7 Å². The Labute approximate surface area is 147 Å².